The van der Waals surface area contributed by atoms with E-state index < -0.39 is 21.8 Å². The van der Waals surface area contributed by atoms with Crippen LogP contribution in [0.25, 0.3) is 0 Å². The second-order valence-electron chi connectivity index (χ2n) is 2.86. The van der Waals surface area contributed by atoms with Gasteiger partial charge in [0.05, 0.1) is 42.3 Å². The topological polar surface area (TPSA) is 102 Å². The van der Waals surface area contributed by atoms with Crippen molar-refractivity contribution in [1.82, 2.24) is 0 Å². The van der Waals surface area contributed by atoms with Gasteiger partial charge in [0, 0.05) is 6.08 Å². The minimum absolute atomic E-state index is 0. The molecule has 0 aliphatic carbocycles. The molecule has 0 saturated heterocycles. The summed E-state index contributed by atoms with van der Waals surface area (Å²) in [6.07, 6.45) is 1.05. The largest absolute Gasteiger partial charge is 1.00 e. The first kappa shape index (κ1) is 21.0. The summed E-state index contributed by atoms with van der Waals surface area (Å²) in [5.74, 6) is -1.07. The third-order valence-corrected chi connectivity index (χ3v) is 2.16. The fraction of sp³-hybridized carbons (Fsp3) is 0.667. The molecule has 9 heteroatoms. The number of hydrogen-bond acceptors (Lipinski definition) is 7. The summed E-state index contributed by atoms with van der Waals surface area (Å²) in [4.78, 5) is 10.6. The van der Waals surface area contributed by atoms with Crippen LogP contribution in [0.5, 0.6) is 0 Å². The summed E-state index contributed by atoms with van der Waals surface area (Å²) in [5.41, 5.74) is 0. The van der Waals surface area contributed by atoms with Crippen molar-refractivity contribution in [1.29, 1.82) is 0 Å². The molecule has 0 unspecified atom stereocenters. The molecule has 100 valence electrons. The number of rotatable bonds is 10. The van der Waals surface area contributed by atoms with E-state index >= 15 is 0 Å². The average molecular weight is 306 g/mol. The first-order valence-electron chi connectivity index (χ1n) is 4.84. The van der Waals surface area contributed by atoms with Crippen LogP contribution in [0, 0.1) is 0 Å². The molecule has 0 aromatic carbocycles. The van der Waals surface area contributed by atoms with Crippen molar-refractivity contribution >= 4 is 16.1 Å². The molecule has 0 aromatic heterocycles. The zero-order valence-corrected chi connectivity index (χ0v) is 14.2. The summed E-state index contributed by atoms with van der Waals surface area (Å²) in [6, 6.07) is 0. The van der Waals surface area contributed by atoms with Gasteiger partial charge in [-0.2, -0.15) is 0 Å². The Kier molecular flexibility index (Phi) is 14.8. The van der Waals surface area contributed by atoms with E-state index in [2.05, 4.69) is 11.3 Å². The fourth-order valence-corrected chi connectivity index (χ4v) is 1.07. The Labute approximate surface area is 149 Å². The van der Waals surface area contributed by atoms with Gasteiger partial charge in [-0.15, -0.1) is 0 Å². The molecule has 0 amide bonds. The molecule has 0 fully saturated rings. The molecular weight excluding hydrogens is 291 g/mol. The molecule has 0 aromatic rings. The first-order chi connectivity index (χ1) is 7.95. The van der Waals surface area contributed by atoms with Crippen molar-refractivity contribution in [2.45, 2.75) is 0 Å². The van der Waals surface area contributed by atoms with E-state index in [9.17, 15) is 17.8 Å². The van der Waals surface area contributed by atoms with Crippen LogP contribution in [0.3, 0.4) is 0 Å². The van der Waals surface area contributed by atoms with E-state index in [0.717, 1.165) is 6.08 Å². The van der Waals surface area contributed by atoms with Crippen molar-refractivity contribution in [2.75, 3.05) is 38.8 Å². The van der Waals surface area contributed by atoms with Crippen LogP contribution in [-0.2, 0) is 29.1 Å². The van der Waals surface area contributed by atoms with Crippen molar-refractivity contribution in [2.24, 2.45) is 0 Å². The molecule has 0 rings (SSSR count). The van der Waals surface area contributed by atoms with E-state index in [0.29, 0.717) is 0 Å². The Morgan fingerprint density at radius 3 is 2.11 bits per heavy atom. The molecule has 0 N–H and O–H groups in total. The van der Waals surface area contributed by atoms with E-state index in [-0.39, 0.29) is 84.4 Å². The van der Waals surface area contributed by atoms with Gasteiger partial charge in [0.15, 0.2) is 0 Å². The summed E-state index contributed by atoms with van der Waals surface area (Å²) in [6.45, 7) is 3.79. The van der Waals surface area contributed by atoms with E-state index in [1.807, 2.05) is 0 Å². The third-order valence-electron chi connectivity index (χ3n) is 1.49. The minimum Gasteiger partial charge on any atom is -0.748 e. The summed E-state index contributed by atoms with van der Waals surface area (Å²) < 4.78 is 45.0. The molecule has 0 heterocycles. The van der Waals surface area contributed by atoms with Gasteiger partial charge in [-0.25, -0.2) is 13.2 Å². The quantitative estimate of drug-likeness (QED) is 0.135. The maximum atomic E-state index is 10.6. The van der Waals surface area contributed by atoms with Crippen molar-refractivity contribution in [3.8, 4) is 0 Å². The molecule has 18 heavy (non-hydrogen) atoms. The molecule has 0 atom stereocenters. The van der Waals surface area contributed by atoms with Crippen LogP contribution < -0.4 is 51.4 Å². The van der Waals surface area contributed by atoms with Gasteiger partial charge in [-0.1, -0.05) is 6.58 Å². The fourth-order valence-electron chi connectivity index (χ4n) is 0.743. The monoisotopic (exact) mass is 306 g/mol. The molecule has 7 nitrogen and oxygen atoms in total. The van der Waals surface area contributed by atoms with Crippen LogP contribution >= 0.6 is 0 Å². The van der Waals surface area contributed by atoms with Crippen LogP contribution in [0.1, 0.15) is 0 Å². The zero-order chi connectivity index (χ0) is 13.1. The Morgan fingerprint density at radius 1 is 1.11 bits per heavy atom. The Balaban J connectivity index is 0. The normalized spacial score (nSPS) is 10.5. The van der Waals surface area contributed by atoms with E-state index in [1.54, 1.807) is 0 Å². The number of carbonyl (C=O) groups excluding carboxylic acids is 1. The van der Waals surface area contributed by atoms with E-state index in [4.69, 9.17) is 9.47 Å². The van der Waals surface area contributed by atoms with Gasteiger partial charge in [-0.05, 0) is 0 Å². The van der Waals surface area contributed by atoms with Crippen LogP contribution in [0.4, 0.5) is 0 Å². The summed E-state index contributed by atoms with van der Waals surface area (Å²) in [7, 11) is -4.22. The van der Waals surface area contributed by atoms with Crippen molar-refractivity contribution < 1.29 is 83.4 Å². The second-order valence-corrected chi connectivity index (χ2v) is 4.38. The second kappa shape index (κ2) is 12.7. The SMILES string of the molecule is C=CC(=O)OCCOCCOCCS(=O)(=O)[O-].[K+]. The molecular formula is C9H15KO7S. The van der Waals surface area contributed by atoms with Gasteiger partial charge in [0.2, 0.25) is 0 Å². The molecule has 0 aliphatic rings. The number of ether oxygens (including phenoxy) is 3. The van der Waals surface area contributed by atoms with Crippen LogP contribution in [0.2, 0.25) is 0 Å². The van der Waals surface area contributed by atoms with Gasteiger partial charge in [-0.3, -0.25) is 0 Å². The molecule has 0 radical (unpaired) electrons. The molecule has 0 bridgehead atoms. The van der Waals surface area contributed by atoms with Crippen LogP contribution in [-0.4, -0.2) is 57.7 Å². The minimum atomic E-state index is -4.22. The van der Waals surface area contributed by atoms with Gasteiger partial charge in [0.1, 0.15) is 6.61 Å². The molecule has 0 aliphatic heterocycles. The Hall–Kier alpha value is 0.676. The van der Waals surface area contributed by atoms with Crippen LogP contribution in [0.15, 0.2) is 12.7 Å². The van der Waals surface area contributed by atoms with Gasteiger partial charge >= 0.3 is 57.4 Å². The molecule has 0 spiro atoms. The first-order valence-corrected chi connectivity index (χ1v) is 6.41. The van der Waals surface area contributed by atoms with Crippen molar-refractivity contribution in [3.63, 3.8) is 0 Å². The predicted molar refractivity (Wildman–Crippen MR) is 57.4 cm³/mol. The smallest absolute Gasteiger partial charge is 0.748 e. The number of hydrogen-bond donors (Lipinski definition) is 0. The number of esters is 1. The molecule has 0 saturated carbocycles. The van der Waals surface area contributed by atoms with E-state index in [1.165, 1.54) is 0 Å². The van der Waals surface area contributed by atoms with Gasteiger partial charge in [0.25, 0.3) is 0 Å². The zero-order valence-electron chi connectivity index (χ0n) is 10.3. The summed E-state index contributed by atoms with van der Waals surface area (Å²) >= 11 is 0. The Bertz CT molecular complexity index is 328. The maximum absolute atomic E-state index is 10.6. The summed E-state index contributed by atoms with van der Waals surface area (Å²) in [5, 5.41) is 0. The number of carbonyl (C=O) groups is 1. The van der Waals surface area contributed by atoms with Crippen molar-refractivity contribution in [3.05, 3.63) is 12.7 Å². The average Bonchev–Trinajstić information content (AvgIpc) is 2.25. The Morgan fingerprint density at radius 2 is 1.61 bits per heavy atom. The maximum Gasteiger partial charge on any atom is 1.00 e. The van der Waals surface area contributed by atoms with Gasteiger partial charge < -0.3 is 18.8 Å². The standard InChI is InChI=1S/C9H16O7S.K/c1-2-9(10)16-6-5-14-3-4-15-7-8-17(11,12)13;/h2H,1,3-8H2,(H,11,12,13);/q;+1/p-1. The predicted octanol–water partition coefficient (Wildman–Crippen LogP) is -3.70. The third kappa shape index (κ3) is 16.7.